The van der Waals surface area contributed by atoms with Gasteiger partial charge in [-0.15, -0.1) is 0 Å². The average Bonchev–Trinajstić information content (AvgIpc) is 2.39. The van der Waals surface area contributed by atoms with E-state index in [1.807, 2.05) is 18.3 Å². The summed E-state index contributed by atoms with van der Waals surface area (Å²) in [7, 11) is 0. The minimum atomic E-state index is 0.727. The molecule has 1 N–H and O–H groups in total. The Hall–Kier alpha value is -1.05. The summed E-state index contributed by atoms with van der Waals surface area (Å²) in [5, 5.41) is 6.77. The van der Waals surface area contributed by atoms with E-state index in [0.29, 0.717) is 0 Å². The highest BCUT2D eigenvalue weighted by atomic mass is 15.1. The first-order valence-electron chi connectivity index (χ1n) is 3.95. The third kappa shape index (κ3) is 3.03. The molecule has 0 saturated carbocycles. The Morgan fingerprint density at radius 1 is 1.64 bits per heavy atom. The SMILES string of the molecule is CC(C)C/C=C/c1cc[nH]n1. The molecule has 0 bridgehead atoms. The van der Waals surface area contributed by atoms with Crippen LogP contribution in [0.25, 0.3) is 6.08 Å². The van der Waals surface area contributed by atoms with Gasteiger partial charge in [-0.3, -0.25) is 5.10 Å². The van der Waals surface area contributed by atoms with Gasteiger partial charge in [0.05, 0.1) is 5.69 Å². The summed E-state index contributed by atoms with van der Waals surface area (Å²) in [5.74, 6) is 0.727. The fourth-order valence-corrected chi connectivity index (χ4v) is 0.825. The maximum absolute atomic E-state index is 4.00. The number of nitrogens with one attached hydrogen (secondary N) is 1. The maximum atomic E-state index is 4.00. The van der Waals surface area contributed by atoms with Crippen LogP contribution in [0.15, 0.2) is 18.3 Å². The normalized spacial score (nSPS) is 11.5. The molecule has 0 unspecified atom stereocenters. The monoisotopic (exact) mass is 150 g/mol. The molecular formula is C9H14N2. The molecule has 0 radical (unpaired) electrons. The molecule has 1 rings (SSSR count). The molecule has 1 heterocycles. The molecular weight excluding hydrogens is 136 g/mol. The van der Waals surface area contributed by atoms with Crippen LogP contribution in [0.3, 0.4) is 0 Å². The minimum absolute atomic E-state index is 0.727. The fourth-order valence-electron chi connectivity index (χ4n) is 0.825. The molecule has 0 aliphatic heterocycles. The predicted molar refractivity (Wildman–Crippen MR) is 47.1 cm³/mol. The first-order chi connectivity index (χ1) is 5.29. The van der Waals surface area contributed by atoms with E-state index in [9.17, 15) is 0 Å². The summed E-state index contributed by atoms with van der Waals surface area (Å²) in [6, 6.07) is 1.96. The van der Waals surface area contributed by atoms with Gasteiger partial charge in [0, 0.05) is 6.20 Å². The van der Waals surface area contributed by atoms with Crippen molar-refractivity contribution in [1.29, 1.82) is 0 Å². The summed E-state index contributed by atoms with van der Waals surface area (Å²) < 4.78 is 0. The molecule has 0 aromatic carbocycles. The van der Waals surface area contributed by atoms with E-state index in [0.717, 1.165) is 18.0 Å². The molecule has 0 aliphatic rings. The maximum Gasteiger partial charge on any atom is 0.0845 e. The molecule has 0 atom stereocenters. The van der Waals surface area contributed by atoms with Gasteiger partial charge in [-0.1, -0.05) is 19.9 Å². The van der Waals surface area contributed by atoms with E-state index < -0.39 is 0 Å². The van der Waals surface area contributed by atoms with Crippen LogP contribution < -0.4 is 0 Å². The molecule has 0 aliphatic carbocycles. The number of hydrogen-bond acceptors (Lipinski definition) is 1. The van der Waals surface area contributed by atoms with Crippen molar-refractivity contribution >= 4 is 6.08 Å². The van der Waals surface area contributed by atoms with Gasteiger partial charge in [-0.25, -0.2) is 0 Å². The van der Waals surface area contributed by atoms with Gasteiger partial charge in [0.25, 0.3) is 0 Å². The van der Waals surface area contributed by atoms with Crippen molar-refractivity contribution < 1.29 is 0 Å². The highest BCUT2D eigenvalue weighted by Crippen LogP contribution is 2.03. The Bertz CT molecular complexity index is 209. The molecule has 0 fully saturated rings. The molecule has 0 saturated heterocycles. The number of rotatable bonds is 3. The zero-order valence-corrected chi connectivity index (χ0v) is 7.04. The Labute approximate surface area is 67.3 Å². The second-order valence-electron chi connectivity index (χ2n) is 3.03. The lowest BCUT2D eigenvalue weighted by molar-refractivity contribution is 0.665. The van der Waals surface area contributed by atoms with E-state index >= 15 is 0 Å². The molecule has 60 valence electrons. The van der Waals surface area contributed by atoms with E-state index in [1.54, 1.807) is 0 Å². The highest BCUT2D eigenvalue weighted by molar-refractivity contribution is 5.42. The van der Waals surface area contributed by atoms with E-state index in [2.05, 4.69) is 30.1 Å². The van der Waals surface area contributed by atoms with Crippen molar-refractivity contribution in [2.45, 2.75) is 20.3 Å². The van der Waals surface area contributed by atoms with E-state index in [4.69, 9.17) is 0 Å². The summed E-state index contributed by atoms with van der Waals surface area (Å²) >= 11 is 0. The highest BCUT2D eigenvalue weighted by Gasteiger charge is 1.88. The van der Waals surface area contributed by atoms with E-state index in [-0.39, 0.29) is 0 Å². The van der Waals surface area contributed by atoms with Crippen LogP contribution >= 0.6 is 0 Å². The van der Waals surface area contributed by atoms with Crippen LogP contribution in [0, 0.1) is 5.92 Å². The zero-order chi connectivity index (χ0) is 8.10. The molecule has 0 amide bonds. The Morgan fingerprint density at radius 2 is 2.45 bits per heavy atom. The van der Waals surface area contributed by atoms with Gasteiger partial charge in [0.15, 0.2) is 0 Å². The number of aromatic nitrogens is 2. The summed E-state index contributed by atoms with van der Waals surface area (Å²) in [6.07, 6.45) is 7.14. The number of nitrogens with zero attached hydrogens (tertiary/aromatic N) is 1. The Morgan fingerprint density at radius 3 is 3.00 bits per heavy atom. The third-order valence-corrected chi connectivity index (χ3v) is 1.42. The second-order valence-corrected chi connectivity index (χ2v) is 3.03. The van der Waals surface area contributed by atoms with Gasteiger partial charge in [0.1, 0.15) is 0 Å². The molecule has 2 heteroatoms. The van der Waals surface area contributed by atoms with Gasteiger partial charge in [-0.05, 0) is 24.5 Å². The van der Waals surface area contributed by atoms with Crippen LogP contribution in [0.2, 0.25) is 0 Å². The Kier molecular flexibility index (Phi) is 2.90. The van der Waals surface area contributed by atoms with E-state index in [1.165, 1.54) is 0 Å². The molecule has 1 aromatic heterocycles. The van der Waals surface area contributed by atoms with Crippen molar-refractivity contribution in [3.8, 4) is 0 Å². The van der Waals surface area contributed by atoms with Gasteiger partial charge in [-0.2, -0.15) is 5.10 Å². The quantitative estimate of drug-likeness (QED) is 0.704. The first-order valence-corrected chi connectivity index (χ1v) is 3.95. The van der Waals surface area contributed by atoms with Gasteiger partial charge >= 0.3 is 0 Å². The average molecular weight is 150 g/mol. The van der Waals surface area contributed by atoms with Gasteiger partial charge in [0.2, 0.25) is 0 Å². The van der Waals surface area contributed by atoms with Crippen molar-refractivity contribution in [2.75, 3.05) is 0 Å². The lowest BCUT2D eigenvalue weighted by Crippen LogP contribution is -1.81. The predicted octanol–water partition coefficient (Wildman–Crippen LogP) is 2.47. The fraction of sp³-hybridized carbons (Fsp3) is 0.444. The lowest BCUT2D eigenvalue weighted by Gasteiger charge is -1.94. The lowest BCUT2D eigenvalue weighted by atomic mass is 10.1. The molecule has 11 heavy (non-hydrogen) atoms. The minimum Gasteiger partial charge on any atom is -0.285 e. The Balaban J connectivity index is 2.37. The number of hydrogen-bond donors (Lipinski definition) is 1. The van der Waals surface area contributed by atoms with Crippen molar-refractivity contribution in [3.63, 3.8) is 0 Å². The van der Waals surface area contributed by atoms with Crippen LogP contribution in [0.1, 0.15) is 26.0 Å². The smallest absolute Gasteiger partial charge is 0.0845 e. The van der Waals surface area contributed by atoms with Crippen LogP contribution in [-0.2, 0) is 0 Å². The van der Waals surface area contributed by atoms with Crippen LogP contribution in [0.5, 0.6) is 0 Å². The summed E-state index contributed by atoms with van der Waals surface area (Å²) in [6.45, 7) is 4.41. The second kappa shape index (κ2) is 3.96. The third-order valence-electron chi connectivity index (χ3n) is 1.42. The largest absolute Gasteiger partial charge is 0.285 e. The van der Waals surface area contributed by atoms with Crippen LogP contribution in [0.4, 0.5) is 0 Å². The molecule has 0 spiro atoms. The molecule has 2 nitrogen and oxygen atoms in total. The van der Waals surface area contributed by atoms with Crippen molar-refractivity contribution in [3.05, 3.63) is 24.0 Å². The standard InChI is InChI=1S/C9H14N2/c1-8(2)4-3-5-9-6-7-10-11-9/h3,5-8H,4H2,1-2H3,(H,10,11)/b5-3+. The van der Waals surface area contributed by atoms with Crippen LogP contribution in [-0.4, -0.2) is 10.2 Å². The summed E-state index contributed by atoms with van der Waals surface area (Å²) in [5.41, 5.74) is 1.01. The van der Waals surface area contributed by atoms with Crippen molar-refractivity contribution in [1.82, 2.24) is 10.2 Å². The first kappa shape index (κ1) is 8.05. The number of aromatic amines is 1. The van der Waals surface area contributed by atoms with Crippen molar-refractivity contribution in [2.24, 2.45) is 5.92 Å². The summed E-state index contributed by atoms with van der Waals surface area (Å²) in [4.78, 5) is 0. The molecule has 1 aromatic rings. The zero-order valence-electron chi connectivity index (χ0n) is 7.04. The topological polar surface area (TPSA) is 28.7 Å². The van der Waals surface area contributed by atoms with Gasteiger partial charge < -0.3 is 0 Å². The number of H-pyrrole nitrogens is 1. The number of allylic oxidation sites excluding steroid dienone is 1.